The van der Waals surface area contributed by atoms with Crippen molar-refractivity contribution in [3.63, 3.8) is 0 Å². The van der Waals surface area contributed by atoms with Gasteiger partial charge in [0.2, 0.25) is 0 Å². The first-order valence-electron chi connectivity index (χ1n) is 6.45. The summed E-state index contributed by atoms with van der Waals surface area (Å²) in [7, 11) is 2.12. The van der Waals surface area contributed by atoms with E-state index >= 15 is 0 Å². The molecular formula is C15H25ClN2. The van der Waals surface area contributed by atoms with Gasteiger partial charge in [-0.15, -0.1) is 0 Å². The van der Waals surface area contributed by atoms with Crippen molar-refractivity contribution in [2.75, 3.05) is 13.6 Å². The van der Waals surface area contributed by atoms with Gasteiger partial charge >= 0.3 is 0 Å². The van der Waals surface area contributed by atoms with E-state index < -0.39 is 0 Å². The zero-order valence-corrected chi connectivity index (χ0v) is 12.8. The van der Waals surface area contributed by atoms with E-state index in [9.17, 15) is 0 Å². The van der Waals surface area contributed by atoms with Crippen molar-refractivity contribution in [1.82, 2.24) is 4.90 Å². The third-order valence-electron chi connectivity index (χ3n) is 3.68. The molecule has 0 aliphatic heterocycles. The van der Waals surface area contributed by atoms with E-state index in [1.807, 2.05) is 18.2 Å². The minimum absolute atomic E-state index is 0.152. The summed E-state index contributed by atoms with van der Waals surface area (Å²) in [5.74, 6) is 0. The highest BCUT2D eigenvalue weighted by Gasteiger charge is 2.30. The standard InChI is InChI=1S/C15H25ClN2/c1-11(12-8-6-7-9-13(12)16)18(5)14(10-17)15(2,3)4/h6-9,11,14H,10,17H2,1-5H3. The van der Waals surface area contributed by atoms with Gasteiger partial charge in [-0.25, -0.2) is 0 Å². The van der Waals surface area contributed by atoms with Crippen molar-refractivity contribution in [2.45, 2.75) is 39.8 Å². The average Bonchev–Trinajstić information content (AvgIpc) is 2.27. The quantitative estimate of drug-likeness (QED) is 0.902. The zero-order chi connectivity index (χ0) is 13.9. The monoisotopic (exact) mass is 268 g/mol. The van der Waals surface area contributed by atoms with Crippen molar-refractivity contribution in [2.24, 2.45) is 11.1 Å². The number of benzene rings is 1. The van der Waals surface area contributed by atoms with Crippen LogP contribution < -0.4 is 5.73 Å². The Hall–Kier alpha value is -0.570. The van der Waals surface area contributed by atoms with Gasteiger partial charge in [-0.3, -0.25) is 4.90 Å². The highest BCUT2D eigenvalue weighted by atomic mass is 35.5. The van der Waals surface area contributed by atoms with Crippen LogP contribution in [0.15, 0.2) is 24.3 Å². The Labute approximate surface area is 116 Å². The molecule has 0 spiro atoms. The first-order valence-corrected chi connectivity index (χ1v) is 6.83. The van der Waals surface area contributed by atoms with Gasteiger partial charge in [-0.1, -0.05) is 50.6 Å². The molecule has 1 rings (SSSR count). The van der Waals surface area contributed by atoms with Crippen molar-refractivity contribution in [3.05, 3.63) is 34.9 Å². The zero-order valence-electron chi connectivity index (χ0n) is 12.1. The lowest BCUT2D eigenvalue weighted by molar-refractivity contribution is 0.0967. The molecule has 0 amide bonds. The summed E-state index contributed by atoms with van der Waals surface area (Å²) < 4.78 is 0. The number of nitrogens with zero attached hydrogens (tertiary/aromatic N) is 1. The van der Waals surface area contributed by atoms with Gasteiger partial charge in [0.15, 0.2) is 0 Å². The Morgan fingerprint density at radius 3 is 2.28 bits per heavy atom. The topological polar surface area (TPSA) is 29.3 Å². The Kier molecular flexibility index (Phi) is 5.20. The van der Waals surface area contributed by atoms with Crippen molar-refractivity contribution >= 4 is 11.6 Å². The van der Waals surface area contributed by atoms with Crippen LogP contribution in [0.25, 0.3) is 0 Å². The molecule has 3 heteroatoms. The SMILES string of the molecule is CC(c1ccccc1Cl)N(C)C(CN)C(C)(C)C. The van der Waals surface area contributed by atoms with E-state index in [2.05, 4.69) is 45.7 Å². The smallest absolute Gasteiger partial charge is 0.0453 e. The third-order valence-corrected chi connectivity index (χ3v) is 4.02. The fourth-order valence-corrected chi connectivity index (χ4v) is 2.73. The maximum Gasteiger partial charge on any atom is 0.0453 e. The highest BCUT2D eigenvalue weighted by Crippen LogP contribution is 2.32. The van der Waals surface area contributed by atoms with Gasteiger partial charge < -0.3 is 5.73 Å². The molecule has 2 N–H and O–H groups in total. The molecule has 0 bridgehead atoms. The Morgan fingerprint density at radius 1 is 1.28 bits per heavy atom. The Morgan fingerprint density at radius 2 is 1.83 bits per heavy atom. The van der Waals surface area contributed by atoms with Crippen molar-refractivity contribution < 1.29 is 0 Å². The Balaban J connectivity index is 2.96. The van der Waals surface area contributed by atoms with E-state index in [4.69, 9.17) is 17.3 Å². The normalized spacial score (nSPS) is 15.8. The predicted molar refractivity (Wildman–Crippen MR) is 79.9 cm³/mol. The second-order valence-corrected chi connectivity index (χ2v) is 6.39. The summed E-state index contributed by atoms with van der Waals surface area (Å²) in [6, 6.07) is 8.59. The lowest BCUT2D eigenvalue weighted by atomic mass is 9.85. The van der Waals surface area contributed by atoms with Crippen molar-refractivity contribution in [3.8, 4) is 0 Å². The van der Waals surface area contributed by atoms with E-state index in [-0.39, 0.29) is 11.5 Å². The first kappa shape index (κ1) is 15.5. The molecule has 18 heavy (non-hydrogen) atoms. The van der Waals surface area contributed by atoms with Crippen molar-refractivity contribution in [1.29, 1.82) is 0 Å². The van der Waals surface area contributed by atoms with E-state index in [1.54, 1.807) is 0 Å². The van der Waals surface area contributed by atoms with Gasteiger partial charge in [-0.05, 0) is 31.0 Å². The maximum absolute atomic E-state index is 6.27. The Bertz CT molecular complexity index is 384. The molecule has 0 saturated heterocycles. The van der Waals surface area contributed by atoms with Crippen LogP contribution in [-0.2, 0) is 0 Å². The molecule has 0 fully saturated rings. The average molecular weight is 269 g/mol. The fraction of sp³-hybridized carbons (Fsp3) is 0.600. The molecule has 2 unspecified atom stereocenters. The lowest BCUT2D eigenvalue weighted by Crippen LogP contribution is -2.47. The largest absolute Gasteiger partial charge is 0.329 e. The van der Waals surface area contributed by atoms with Gasteiger partial charge in [0.25, 0.3) is 0 Å². The molecule has 2 nitrogen and oxygen atoms in total. The van der Waals surface area contributed by atoms with Crippen LogP contribution >= 0.6 is 11.6 Å². The van der Waals surface area contributed by atoms with Crippen LogP contribution in [0.2, 0.25) is 5.02 Å². The van der Waals surface area contributed by atoms with Crippen LogP contribution in [0.5, 0.6) is 0 Å². The summed E-state index contributed by atoms with van der Waals surface area (Å²) in [5, 5.41) is 0.821. The molecule has 0 aromatic heterocycles. The molecule has 0 heterocycles. The minimum atomic E-state index is 0.152. The summed E-state index contributed by atoms with van der Waals surface area (Å²) in [6.07, 6.45) is 0. The molecule has 102 valence electrons. The van der Waals surface area contributed by atoms with Crippen LogP contribution in [0.4, 0.5) is 0 Å². The summed E-state index contributed by atoms with van der Waals surface area (Å²) in [5.41, 5.74) is 7.25. The van der Waals surface area contributed by atoms with E-state index in [0.29, 0.717) is 12.6 Å². The number of likely N-dealkylation sites (N-methyl/N-ethyl adjacent to an activating group) is 1. The van der Waals surface area contributed by atoms with Gasteiger partial charge in [0.1, 0.15) is 0 Å². The van der Waals surface area contributed by atoms with Crippen LogP contribution in [0.3, 0.4) is 0 Å². The number of halogens is 1. The van der Waals surface area contributed by atoms with E-state index in [0.717, 1.165) is 10.6 Å². The molecule has 1 aromatic carbocycles. The number of hydrogen-bond acceptors (Lipinski definition) is 2. The lowest BCUT2D eigenvalue weighted by Gasteiger charge is -2.41. The molecule has 0 aliphatic rings. The predicted octanol–water partition coefficient (Wildman–Crippen LogP) is 3.71. The summed E-state index contributed by atoms with van der Waals surface area (Å²) >= 11 is 6.27. The summed E-state index contributed by atoms with van der Waals surface area (Å²) in [4.78, 5) is 2.32. The van der Waals surface area contributed by atoms with Gasteiger partial charge in [0, 0.05) is 23.7 Å². The second-order valence-electron chi connectivity index (χ2n) is 5.98. The molecule has 0 radical (unpaired) electrons. The molecular weight excluding hydrogens is 244 g/mol. The van der Waals surface area contributed by atoms with Gasteiger partial charge in [-0.2, -0.15) is 0 Å². The number of rotatable bonds is 4. The van der Waals surface area contributed by atoms with Crippen LogP contribution in [-0.4, -0.2) is 24.5 Å². The van der Waals surface area contributed by atoms with Gasteiger partial charge in [0.05, 0.1) is 0 Å². The minimum Gasteiger partial charge on any atom is -0.329 e. The van der Waals surface area contributed by atoms with Crippen LogP contribution in [0, 0.1) is 5.41 Å². The molecule has 1 aromatic rings. The first-order chi connectivity index (χ1) is 8.29. The summed E-state index contributed by atoms with van der Waals surface area (Å²) in [6.45, 7) is 9.49. The number of nitrogens with two attached hydrogens (primary N) is 1. The third kappa shape index (κ3) is 3.47. The molecule has 0 saturated carbocycles. The molecule has 2 atom stereocenters. The second kappa shape index (κ2) is 6.05. The highest BCUT2D eigenvalue weighted by molar-refractivity contribution is 6.31. The molecule has 0 aliphatic carbocycles. The number of hydrogen-bond donors (Lipinski definition) is 1. The van der Waals surface area contributed by atoms with E-state index in [1.165, 1.54) is 0 Å². The van der Waals surface area contributed by atoms with Crippen LogP contribution in [0.1, 0.15) is 39.3 Å². The maximum atomic E-state index is 6.27. The fourth-order valence-electron chi connectivity index (χ4n) is 2.43.